The van der Waals surface area contributed by atoms with Crippen LogP contribution in [-0.2, 0) is 10.0 Å². The monoisotopic (exact) mass is 205 g/mol. The van der Waals surface area contributed by atoms with E-state index in [2.05, 4.69) is 4.72 Å². The van der Waals surface area contributed by atoms with Crippen LogP contribution in [0.1, 0.15) is 44.9 Å². The lowest BCUT2D eigenvalue weighted by Crippen LogP contribution is -2.27. The summed E-state index contributed by atoms with van der Waals surface area (Å²) >= 11 is 0. The molecule has 1 aliphatic rings. The fourth-order valence-corrected chi connectivity index (χ4v) is 2.78. The first-order chi connectivity index (χ1) is 6.21. The van der Waals surface area contributed by atoms with Gasteiger partial charge in [-0.05, 0) is 12.8 Å². The van der Waals surface area contributed by atoms with Crippen molar-refractivity contribution in [2.24, 2.45) is 0 Å². The molecular formula is C9H19NO2S. The minimum Gasteiger partial charge on any atom is -0.215 e. The van der Waals surface area contributed by atoms with Crippen molar-refractivity contribution >= 4 is 10.0 Å². The molecule has 0 aliphatic carbocycles. The van der Waals surface area contributed by atoms with Crippen molar-refractivity contribution in [3.05, 3.63) is 0 Å². The van der Waals surface area contributed by atoms with Crippen molar-refractivity contribution < 1.29 is 8.42 Å². The van der Waals surface area contributed by atoms with Crippen molar-refractivity contribution in [1.82, 2.24) is 4.72 Å². The highest BCUT2D eigenvalue weighted by molar-refractivity contribution is 7.89. The second kappa shape index (κ2) is 5.60. The van der Waals surface area contributed by atoms with Crippen LogP contribution >= 0.6 is 0 Å². The maximum absolute atomic E-state index is 11.3. The van der Waals surface area contributed by atoms with E-state index < -0.39 is 10.0 Å². The molecule has 0 bridgehead atoms. The number of hydrogen-bond donors (Lipinski definition) is 1. The van der Waals surface area contributed by atoms with Crippen molar-refractivity contribution in [2.45, 2.75) is 44.9 Å². The minimum absolute atomic E-state index is 0.312. The van der Waals surface area contributed by atoms with Crippen molar-refractivity contribution in [3.8, 4) is 0 Å². The van der Waals surface area contributed by atoms with Crippen LogP contribution in [0, 0.1) is 0 Å². The van der Waals surface area contributed by atoms with Gasteiger partial charge in [-0.3, -0.25) is 0 Å². The summed E-state index contributed by atoms with van der Waals surface area (Å²) in [6.45, 7) is 0.627. The van der Waals surface area contributed by atoms with Gasteiger partial charge in [-0.1, -0.05) is 32.1 Å². The molecule has 3 nitrogen and oxygen atoms in total. The number of hydrogen-bond acceptors (Lipinski definition) is 2. The maximum atomic E-state index is 11.3. The molecule has 1 N–H and O–H groups in total. The highest BCUT2D eigenvalue weighted by atomic mass is 32.2. The van der Waals surface area contributed by atoms with Crippen LogP contribution in [0.2, 0.25) is 0 Å². The van der Waals surface area contributed by atoms with E-state index in [1.165, 1.54) is 19.3 Å². The number of nitrogens with one attached hydrogen (secondary N) is 1. The molecule has 0 aromatic rings. The first-order valence-electron chi connectivity index (χ1n) is 5.18. The van der Waals surface area contributed by atoms with E-state index in [0.717, 1.165) is 25.7 Å². The van der Waals surface area contributed by atoms with Crippen LogP contribution < -0.4 is 4.72 Å². The number of rotatable bonds is 0. The maximum Gasteiger partial charge on any atom is 0.211 e. The topological polar surface area (TPSA) is 46.2 Å². The Morgan fingerprint density at radius 2 is 1.31 bits per heavy atom. The third-order valence-electron chi connectivity index (χ3n) is 2.41. The number of sulfonamides is 1. The largest absolute Gasteiger partial charge is 0.215 e. The van der Waals surface area contributed by atoms with E-state index in [9.17, 15) is 8.42 Å². The second-order valence-electron chi connectivity index (χ2n) is 3.69. The zero-order valence-corrected chi connectivity index (χ0v) is 8.91. The molecule has 1 saturated heterocycles. The average molecular weight is 205 g/mol. The molecule has 1 aliphatic heterocycles. The van der Waals surface area contributed by atoms with Crippen LogP contribution in [0.25, 0.3) is 0 Å². The summed E-state index contributed by atoms with van der Waals surface area (Å²) in [6.07, 6.45) is 7.72. The predicted octanol–water partition coefficient (Wildman–Crippen LogP) is 1.65. The van der Waals surface area contributed by atoms with Gasteiger partial charge in [0.25, 0.3) is 0 Å². The Bertz CT molecular complexity index is 206. The predicted molar refractivity (Wildman–Crippen MR) is 54.1 cm³/mol. The zero-order chi connectivity index (χ0) is 9.57. The Labute approximate surface area is 81.0 Å². The Morgan fingerprint density at radius 3 is 2.00 bits per heavy atom. The van der Waals surface area contributed by atoms with Gasteiger partial charge in [0.2, 0.25) is 10.0 Å². The molecule has 4 heteroatoms. The summed E-state index contributed by atoms with van der Waals surface area (Å²) in [7, 11) is -2.95. The molecule has 0 spiro atoms. The quantitative estimate of drug-likeness (QED) is 0.653. The third kappa shape index (κ3) is 5.26. The fourth-order valence-electron chi connectivity index (χ4n) is 1.60. The van der Waals surface area contributed by atoms with Crippen LogP contribution in [0.5, 0.6) is 0 Å². The standard InChI is InChI=1S/C9H19NO2S/c11-13(12)9-7-5-3-1-2-4-6-8-10-13/h10H,1-9H2. The normalized spacial score (nSPS) is 26.2. The summed E-state index contributed by atoms with van der Waals surface area (Å²) in [5, 5.41) is 0. The summed E-state index contributed by atoms with van der Waals surface area (Å²) in [4.78, 5) is 0. The Hall–Kier alpha value is -0.0900. The Kier molecular flexibility index (Phi) is 4.73. The first kappa shape index (κ1) is 11.0. The van der Waals surface area contributed by atoms with Crippen molar-refractivity contribution in [2.75, 3.05) is 12.3 Å². The lowest BCUT2D eigenvalue weighted by Gasteiger charge is -2.04. The van der Waals surface area contributed by atoms with Gasteiger partial charge >= 0.3 is 0 Å². The van der Waals surface area contributed by atoms with E-state index in [1.807, 2.05) is 0 Å². The summed E-state index contributed by atoms with van der Waals surface area (Å²) < 4.78 is 25.2. The molecule has 13 heavy (non-hydrogen) atoms. The summed E-state index contributed by atoms with van der Waals surface area (Å²) in [5.74, 6) is 0.312. The molecule has 1 heterocycles. The van der Waals surface area contributed by atoms with Crippen molar-refractivity contribution in [1.29, 1.82) is 0 Å². The van der Waals surface area contributed by atoms with Crippen LogP contribution in [0.4, 0.5) is 0 Å². The summed E-state index contributed by atoms with van der Waals surface area (Å²) in [6, 6.07) is 0. The smallest absolute Gasteiger partial charge is 0.211 e. The second-order valence-corrected chi connectivity index (χ2v) is 5.61. The molecule has 0 amide bonds. The molecule has 0 atom stereocenters. The van der Waals surface area contributed by atoms with Gasteiger partial charge in [0.15, 0.2) is 0 Å². The molecule has 1 fully saturated rings. The molecule has 0 aromatic carbocycles. The van der Waals surface area contributed by atoms with E-state index in [1.54, 1.807) is 0 Å². The van der Waals surface area contributed by atoms with Crippen molar-refractivity contribution in [3.63, 3.8) is 0 Å². The molecule has 78 valence electrons. The van der Waals surface area contributed by atoms with Crippen LogP contribution in [0.15, 0.2) is 0 Å². The van der Waals surface area contributed by atoms with Gasteiger partial charge in [-0.15, -0.1) is 0 Å². The third-order valence-corrected chi connectivity index (χ3v) is 3.88. The molecule has 0 saturated carbocycles. The van der Waals surface area contributed by atoms with E-state index in [-0.39, 0.29) is 0 Å². The molecule has 0 unspecified atom stereocenters. The van der Waals surface area contributed by atoms with Gasteiger partial charge in [0.1, 0.15) is 0 Å². The molecular weight excluding hydrogens is 186 g/mol. The Balaban J connectivity index is 2.36. The average Bonchev–Trinajstić information content (AvgIpc) is 2.10. The SMILES string of the molecule is O=S1(=O)CCCCCCCCCN1. The molecule has 1 rings (SSSR count). The van der Waals surface area contributed by atoms with Gasteiger partial charge in [-0.2, -0.15) is 0 Å². The van der Waals surface area contributed by atoms with Gasteiger partial charge in [-0.25, -0.2) is 13.1 Å². The van der Waals surface area contributed by atoms with E-state index in [4.69, 9.17) is 0 Å². The highest BCUT2D eigenvalue weighted by Gasteiger charge is 2.09. The van der Waals surface area contributed by atoms with E-state index >= 15 is 0 Å². The van der Waals surface area contributed by atoms with Gasteiger partial charge < -0.3 is 0 Å². The highest BCUT2D eigenvalue weighted by Crippen LogP contribution is 2.09. The lowest BCUT2D eigenvalue weighted by molar-refractivity contribution is 0.574. The molecule has 0 radical (unpaired) electrons. The van der Waals surface area contributed by atoms with E-state index in [0.29, 0.717) is 12.3 Å². The minimum atomic E-state index is -2.95. The first-order valence-corrected chi connectivity index (χ1v) is 6.83. The fraction of sp³-hybridized carbons (Fsp3) is 1.00. The zero-order valence-electron chi connectivity index (χ0n) is 8.09. The van der Waals surface area contributed by atoms with Gasteiger partial charge in [0, 0.05) is 6.54 Å². The van der Waals surface area contributed by atoms with Crippen LogP contribution in [0.3, 0.4) is 0 Å². The molecule has 0 aromatic heterocycles. The van der Waals surface area contributed by atoms with Gasteiger partial charge in [0.05, 0.1) is 5.75 Å². The summed E-state index contributed by atoms with van der Waals surface area (Å²) in [5.41, 5.74) is 0. The Morgan fingerprint density at radius 1 is 0.769 bits per heavy atom. The lowest BCUT2D eigenvalue weighted by atomic mass is 10.1. The van der Waals surface area contributed by atoms with Crippen LogP contribution in [-0.4, -0.2) is 20.7 Å².